The van der Waals surface area contributed by atoms with Gasteiger partial charge in [-0.05, 0) is 35.0 Å². The predicted octanol–water partition coefficient (Wildman–Crippen LogP) is 4.39. The third-order valence-electron chi connectivity index (χ3n) is 3.66. The Balaban J connectivity index is 2.72. The van der Waals surface area contributed by atoms with Gasteiger partial charge in [-0.1, -0.05) is 26.3 Å². The highest BCUT2D eigenvalue weighted by Crippen LogP contribution is 2.39. The van der Waals surface area contributed by atoms with Gasteiger partial charge in [0.25, 0.3) is 0 Å². The number of hydrogen-bond acceptors (Lipinski definition) is 8. The molecule has 0 saturated heterocycles. The second-order valence-corrected chi connectivity index (χ2v) is 6.12. The molecular weight excluding hydrogens is 468 g/mol. The van der Waals surface area contributed by atoms with Crippen LogP contribution in [0.1, 0.15) is 0 Å². The summed E-state index contributed by atoms with van der Waals surface area (Å²) in [5.74, 6) is -15.0. The second-order valence-electron chi connectivity index (χ2n) is 6.12. The van der Waals surface area contributed by atoms with Crippen LogP contribution in [-0.2, 0) is 19.2 Å². The van der Waals surface area contributed by atoms with Gasteiger partial charge in [-0.15, -0.1) is 0 Å². The molecule has 2 aromatic rings. The lowest BCUT2D eigenvalue weighted by molar-refractivity contribution is -0.134. The van der Waals surface area contributed by atoms with Crippen LogP contribution in [0.4, 0.5) is 17.6 Å². The molecule has 0 aliphatic rings. The Morgan fingerprint density at radius 2 is 0.647 bits per heavy atom. The molecule has 0 saturated carbocycles. The van der Waals surface area contributed by atoms with E-state index >= 15 is 0 Å². The Hall–Kier alpha value is -4.74. The summed E-state index contributed by atoms with van der Waals surface area (Å²) in [4.78, 5) is 46.4. The molecule has 0 amide bonds. The van der Waals surface area contributed by atoms with Crippen molar-refractivity contribution in [1.82, 2.24) is 0 Å². The molecule has 176 valence electrons. The third-order valence-corrected chi connectivity index (χ3v) is 3.66. The lowest BCUT2D eigenvalue weighted by Gasteiger charge is -2.14. The van der Waals surface area contributed by atoms with Crippen molar-refractivity contribution in [2.75, 3.05) is 0 Å². The first-order valence-electron chi connectivity index (χ1n) is 8.68. The largest absolute Gasteiger partial charge is 0.417 e. The lowest BCUT2D eigenvalue weighted by atomic mass is 10.1. The van der Waals surface area contributed by atoms with E-state index in [-0.39, 0.29) is 10.8 Å². The van der Waals surface area contributed by atoms with E-state index in [1.54, 1.807) is 0 Å². The molecule has 0 unspecified atom stereocenters. The van der Waals surface area contributed by atoms with Crippen LogP contribution in [0.25, 0.3) is 10.8 Å². The van der Waals surface area contributed by atoms with Gasteiger partial charge < -0.3 is 18.9 Å². The molecule has 12 heteroatoms. The Morgan fingerprint density at radius 3 is 0.794 bits per heavy atom. The van der Waals surface area contributed by atoms with E-state index < -0.39 is 70.2 Å². The van der Waals surface area contributed by atoms with Crippen LogP contribution in [-0.4, -0.2) is 23.9 Å². The Morgan fingerprint density at radius 1 is 0.471 bits per heavy atom. The van der Waals surface area contributed by atoms with Gasteiger partial charge >= 0.3 is 23.9 Å². The number of carbonyl (C=O) groups excluding carboxylic acids is 4. The fourth-order valence-electron chi connectivity index (χ4n) is 2.21. The molecule has 2 aromatic carbocycles. The number of fused-ring (bicyclic) bond motifs is 1. The average Bonchev–Trinajstić information content (AvgIpc) is 2.74. The number of benzene rings is 2. The normalized spacial score (nSPS) is 10.1. The number of halogens is 4. The molecule has 0 aliphatic carbocycles. The molecule has 0 radical (unpaired) electrons. The fraction of sp³-hybridized carbons (Fsp3) is 0. The topological polar surface area (TPSA) is 105 Å². The van der Waals surface area contributed by atoms with Gasteiger partial charge in [-0.3, -0.25) is 0 Å². The summed E-state index contributed by atoms with van der Waals surface area (Å²) in [5.41, 5.74) is 0. The van der Waals surface area contributed by atoms with Crippen molar-refractivity contribution in [2.45, 2.75) is 0 Å². The summed E-state index contributed by atoms with van der Waals surface area (Å²) in [6, 6.07) is 3.78. The van der Waals surface area contributed by atoms with Gasteiger partial charge in [0.1, 0.15) is 0 Å². The van der Waals surface area contributed by atoms with Crippen molar-refractivity contribution in [2.24, 2.45) is 0 Å². The van der Waals surface area contributed by atoms with E-state index in [0.29, 0.717) is 0 Å². The Labute approximate surface area is 187 Å². The van der Waals surface area contributed by atoms with Crippen molar-refractivity contribution in [3.8, 4) is 23.0 Å². The van der Waals surface area contributed by atoms with Gasteiger partial charge in [0.05, 0.1) is 0 Å². The minimum atomic E-state index is -1.59. The van der Waals surface area contributed by atoms with Crippen LogP contribution in [0.3, 0.4) is 0 Å². The SMILES string of the molecule is C=C(F)C(=O)Oc1cc2cc(OC(=O)C(=C)F)c(OC(=O)C(=C)F)cc2cc1OC(=O)C(=C)F. The van der Waals surface area contributed by atoms with Gasteiger partial charge in [-0.25, -0.2) is 19.2 Å². The Kier molecular flexibility index (Phi) is 7.69. The van der Waals surface area contributed by atoms with Crippen LogP contribution in [0, 0.1) is 0 Å². The van der Waals surface area contributed by atoms with E-state index in [0.717, 1.165) is 24.3 Å². The van der Waals surface area contributed by atoms with E-state index in [1.807, 2.05) is 0 Å². The minimum Gasteiger partial charge on any atom is -0.417 e. The summed E-state index contributed by atoms with van der Waals surface area (Å²) in [5, 5.41) is -0.0328. The van der Waals surface area contributed by atoms with Crippen molar-refractivity contribution in [3.63, 3.8) is 0 Å². The van der Waals surface area contributed by atoms with E-state index in [1.165, 1.54) is 0 Å². The van der Waals surface area contributed by atoms with Crippen LogP contribution in [0.2, 0.25) is 0 Å². The van der Waals surface area contributed by atoms with Gasteiger partial charge in [0.2, 0.25) is 23.3 Å². The molecule has 34 heavy (non-hydrogen) atoms. The van der Waals surface area contributed by atoms with Crippen LogP contribution in [0.5, 0.6) is 23.0 Å². The molecule has 0 spiro atoms. The van der Waals surface area contributed by atoms with Crippen molar-refractivity contribution in [3.05, 3.63) is 73.9 Å². The van der Waals surface area contributed by atoms with Gasteiger partial charge in [-0.2, -0.15) is 17.6 Å². The summed E-state index contributed by atoms with van der Waals surface area (Å²) in [7, 11) is 0. The predicted molar refractivity (Wildman–Crippen MR) is 107 cm³/mol. The number of hydrogen-bond donors (Lipinski definition) is 0. The highest BCUT2D eigenvalue weighted by molar-refractivity contribution is 5.96. The van der Waals surface area contributed by atoms with Crippen LogP contribution >= 0.6 is 0 Å². The molecule has 0 aromatic heterocycles. The smallest absolute Gasteiger partial charge is 0.372 e. The maximum Gasteiger partial charge on any atom is 0.372 e. The molecule has 0 heterocycles. The van der Waals surface area contributed by atoms with E-state index in [9.17, 15) is 36.7 Å². The first-order valence-corrected chi connectivity index (χ1v) is 8.68. The third kappa shape index (κ3) is 6.16. The average molecular weight is 480 g/mol. The summed E-state index contributed by atoms with van der Waals surface area (Å²) in [6.07, 6.45) is 0. The molecule has 0 bridgehead atoms. The first kappa shape index (κ1) is 25.5. The second kappa shape index (κ2) is 10.3. The maximum atomic E-state index is 13.1. The van der Waals surface area contributed by atoms with E-state index in [4.69, 9.17) is 18.9 Å². The molecule has 0 N–H and O–H groups in total. The quantitative estimate of drug-likeness (QED) is 0.237. The Bertz CT molecular complexity index is 1100. The van der Waals surface area contributed by atoms with Crippen LogP contribution in [0.15, 0.2) is 73.9 Å². The zero-order chi connectivity index (χ0) is 25.7. The molecule has 0 fully saturated rings. The van der Waals surface area contributed by atoms with Gasteiger partial charge in [0.15, 0.2) is 23.0 Å². The molecule has 2 rings (SSSR count). The fourth-order valence-corrected chi connectivity index (χ4v) is 2.21. The summed E-state index contributed by atoms with van der Waals surface area (Å²) >= 11 is 0. The molecule has 0 atom stereocenters. The maximum absolute atomic E-state index is 13.1. The summed E-state index contributed by atoms with van der Waals surface area (Å²) in [6.45, 7) is 11.0. The lowest BCUT2D eigenvalue weighted by Crippen LogP contribution is -2.13. The zero-order valence-electron chi connectivity index (χ0n) is 16.9. The number of esters is 4. The highest BCUT2D eigenvalue weighted by atomic mass is 19.1. The van der Waals surface area contributed by atoms with Crippen molar-refractivity contribution < 1.29 is 55.7 Å². The van der Waals surface area contributed by atoms with Crippen molar-refractivity contribution >= 4 is 34.6 Å². The van der Waals surface area contributed by atoms with E-state index in [2.05, 4.69) is 26.3 Å². The molecule has 8 nitrogen and oxygen atoms in total. The van der Waals surface area contributed by atoms with Crippen LogP contribution < -0.4 is 18.9 Å². The number of carbonyl (C=O) groups is 4. The number of rotatable bonds is 8. The summed E-state index contributed by atoms with van der Waals surface area (Å²) < 4.78 is 71.2. The van der Waals surface area contributed by atoms with Crippen molar-refractivity contribution in [1.29, 1.82) is 0 Å². The van der Waals surface area contributed by atoms with Gasteiger partial charge in [0, 0.05) is 0 Å². The molecular formula is C22H12F4O8. The highest BCUT2D eigenvalue weighted by Gasteiger charge is 2.22. The molecule has 0 aliphatic heterocycles. The minimum absolute atomic E-state index is 0.0164. The monoisotopic (exact) mass is 480 g/mol. The standard InChI is InChI=1S/C22H12F4O8/c1-9(23)19(27)31-15-5-13-7-17(33-21(29)11(3)25)18(34-22(30)12(4)26)8-14(13)6-16(15)32-20(28)10(2)24/h5-8H,1-4H2. The first-order chi connectivity index (χ1) is 15.8. The number of ether oxygens (including phenoxy) is 4. The zero-order valence-corrected chi connectivity index (χ0v) is 16.9.